The smallest absolute Gasteiger partial charge is 0.308 e. The van der Waals surface area contributed by atoms with E-state index in [-0.39, 0.29) is 37.1 Å². The van der Waals surface area contributed by atoms with Crippen molar-refractivity contribution in [3.63, 3.8) is 0 Å². The molecule has 0 bridgehead atoms. The summed E-state index contributed by atoms with van der Waals surface area (Å²) < 4.78 is 7.36. The molecule has 1 unspecified atom stereocenters. The van der Waals surface area contributed by atoms with Crippen LogP contribution in [0.3, 0.4) is 0 Å². The Bertz CT molecular complexity index is 1220. The van der Waals surface area contributed by atoms with E-state index in [2.05, 4.69) is 33.0 Å². The molecule has 0 fully saturated rings. The summed E-state index contributed by atoms with van der Waals surface area (Å²) >= 11 is 3.35. The second-order valence-corrected chi connectivity index (χ2v) is 8.84. The maximum absolute atomic E-state index is 12.6. The van der Waals surface area contributed by atoms with E-state index >= 15 is 0 Å². The molecule has 1 aliphatic carbocycles. The van der Waals surface area contributed by atoms with Crippen LogP contribution < -0.4 is 5.56 Å². The Morgan fingerprint density at radius 3 is 2.91 bits per heavy atom. The van der Waals surface area contributed by atoms with E-state index in [4.69, 9.17) is 4.74 Å². The minimum absolute atomic E-state index is 0.00673. The molecule has 166 valence electrons. The third-order valence-corrected chi connectivity index (χ3v) is 6.39. The number of carbonyl (C=O) groups excluding carboxylic acids is 2. The van der Waals surface area contributed by atoms with E-state index in [1.807, 2.05) is 18.2 Å². The number of carbonyl (C=O) groups is 2. The molecule has 1 aromatic heterocycles. The fourth-order valence-electron chi connectivity index (χ4n) is 4.12. The summed E-state index contributed by atoms with van der Waals surface area (Å²) in [6.07, 6.45) is 4.32. The number of rotatable bonds is 6. The van der Waals surface area contributed by atoms with Crippen molar-refractivity contribution in [2.24, 2.45) is 0 Å². The lowest BCUT2D eigenvalue weighted by molar-refractivity contribution is -0.152. The highest BCUT2D eigenvalue weighted by molar-refractivity contribution is 9.10. The molecule has 0 N–H and O–H groups in total. The van der Waals surface area contributed by atoms with Crippen molar-refractivity contribution < 1.29 is 14.3 Å². The van der Waals surface area contributed by atoms with Gasteiger partial charge in [-0.3, -0.25) is 19.0 Å². The molecule has 0 radical (unpaired) electrons. The van der Waals surface area contributed by atoms with Crippen molar-refractivity contribution in [3.8, 4) is 0 Å². The highest BCUT2D eigenvalue weighted by Gasteiger charge is 2.26. The predicted molar refractivity (Wildman–Crippen MR) is 124 cm³/mol. The largest absolute Gasteiger partial charge is 0.456 e. The summed E-state index contributed by atoms with van der Waals surface area (Å²) in [5.41, 5.74) is 2.79. The van der Waals surface area contributed by atoms with Crippen LogP contribution in [0.25, 0.3) is 10.9 Å². The van der Waals surface area contributed by atoms with Crippen LogP contribution in [0, 0.1) is 0 Å². The van der Waals surface area contributed by atoms with Crippen LogP contribution in [0.4, 0.5) is 0 Å². The first-order valence-electron chi connectivity index (χ1n) is 10.6. The molecule has 0 saturated carbocycles. The van der Waals surface area contributed by atoms with Crippen LogP contribution >= 0.6 is 15.9 Å². The molecule has 3 aromatic rings. The zero-order valence-electron chi connectivity index (χ0n) is 17.8. The topological polar surface area (TPSA) is 81.5 Å². The molecule has 0 spiro atoms. The number of fused-ring (bicyclic) bond motifs is 2. The fraction of sp³-hybridized carbons (Fsp3) is 0.333. The second-order valence-electron chi connectivity index (χ2n) is 7.93. The van der Waals surface area contributed by atoms with Gasteiger partial charge in [0.2, 0.25) is 0 Å². The van der Waals surface area contributed by atoms with Gasteiger partial charge in [0.15, 0.2) is 6.61 Å². The molecular weight excluding hydrogens is 474 g/mol. The monoisotopic (exact) mass is 497 g/mol. The molecule has 8 heteroatoms. The van der Waals surface area contributed by atoms with E-state index in [0.29, 0.717) is 10.9 Å². The molecule has 1 atom stereocenters. The van der Waals surface area contributed by atoms with Gasteiger partial charge in [0.1, 0.15) is 0 Å². The lowest BCUT2D eigenvalue weighted by atomic mass is 9.87. The molecule has 2 aromatic carbocycles. The SMILES string of the molecule is CN(C(=O)COC(=O)CCn1cnc2ccc(Br)cc2c1=O)C1CCCc2ccccc21. The number of esters is 1. The zero-order chi connectivity index (χ0) is 22.7. The predicted octanol–water partition coefficient (Wildman–Crippen LogP) is 3.63. The summed E-state index contributed by atoms with van der Waals surface area (Å²) in [6.45, 7) is -0.182. The summed E-state index contributed by atoms with van der Waals surface area (Å²) in [6, 6.07) is 13.4. The van der Waals surface area contributed by atoms with Gasteiger partial charge in [-0.2, -0.15) is 0 Å². The van der Waals surface area contributed by atoms with Crippen molar-refractivity contribution in [1.29, 1.82) is 0 Å². The quantitative estimate of drug-likeness (QED) is 0.485. The summed E-state index contributed by atoms with van der Waals surface area (Å²) in [4.78, 5) is 43.4. The number of aryl methyl sites for hydroxylation is 2. The number of amides is 1. The number of aromatic nitrogens is 2. The number of ether oxygens (including phenoxy) is 1. The Hall–Kier alpha value is -3.00. The Morgan fingerprint density at radius 2 is 2.06 bits per heavy atom. The van der Waals surface area contributed by atoms with Crippen molar-refractivity contribution >= 4 is 38.7 Å². The molecule has 0 saturated heterocycles. The van der Waals surface area contributed by atoms with Crippen molar-refractivity contribution in [3.05, 3.63) is 74.7 Å². The van der Waals surface area contributed by atoms with Gasteiger partial charge in [-0.25, -0.2) is 4.98 Å². The molecule has 7 nitrogen and oxygen atoms in total. The maximum Gasteiger partial charge on any atom is 0.308 e. The first-order chi connectivity index (χ1) is 15.4. The Balaban J connectivity index is 1.33. The average molecular weight is 498 g/mol. The van der Waals surface area contributed by atoms with Crippen molar-refractivity contribution in [1.82, 2.24) is 14.5 Å². The van der Waals surface area contributed by atoms with Crippen molar-refractivity contribution in [2.45, 2.75) is 38.3 Å². The lowest BCUT2D eigenvalue weighted by Crippen LogP contribution is -2.36. The minimum atomic E-state index is -0.531. The van der Waals surface area contributed by atoms with Crippen LogP contribution in [0.15, 0.2) is 58.1 Å². The van der Waals surface area contributed by atoms with E-state index in [9.17, 15) is 14.4 Å². The normalized spacial score (nSPS) is 15.2. The number of halogens is 1. The van der Waals surface area contributed by atoms with Crippen molar-refractivity contribution in [2.75, 3.05) is 13.7 Å². The molecule has 4 rings (SSSR count). The number of likely N-dealkylation sites (N-methyl/N-ethyl adjacent to an activating group) is 1. The highest BCUT2D eigenvalue weighted by atomic mass is 79.9. The maximum atomic E-state index is 12.6. The Labute approximate surface area is 194 Å². The highest BCUT2D eigenvalue weighted by Crippen LogP contribution is 2.33. The first-order valence-corrected chi connectivity index (χ1v) is 11.4. The van der Waals surface area contributed by atoms with Gasteiger partial charge in [0, 0.05) is 18.1 Å². The number of nitrogens with zero attached hydrogens (tertiary/aromatic N) is 3. The third kappa shape index (κ3) is 4.75. The van der Waals surface area contributed by atoms with E-state index in [0.717, 1.165) is 29.3 Å². The number of hydrogen-bond donors (Lipinski definition) is 0. The lowest BCUT2D eigenvalue weighted by Gasteiger charge is -2.33. The van der Waals surface area contributed by atoms with Crippen LogP contribution in [-0.2, 0) is 27.3 Å². The molecule has 1 aliphatic rings. The van der Waals surface area contributed by atoms with Crippen LogP contribution in [-0.4, -0.2) is 40.0 Å². The standard InChI is InChI=1S/C24H24BrN3O4/c1-27(21-8-4-6-16-5-2-3-7-18(16)21)22(29)14-32-23(30)11-12-28-15-26-20-10-9-17(25)13-19(20)24(28)31/h2-3,5,7,9-10,13,15,21H,4,6,8,11-12,14H2,1H3. The van der Waals surface area contributed by atoms with E-state index in [1.54, 1.807) is 24.1 Å². The minimum Gasteiger partial charge on any atom is -0.456 e. The van der Waals surface area contributed by atoms with E-state index in [1.165, 1.54) is 16.5 Å². The second kappa shape index (κ2) is 9.65. The van der Waals surface area contributed by atoms with Gasteiger partial charge < -0.3 is 9.64 Å². The Kier molecular flexibility index (Phi) is 6.69. The van der Waals surface area contributed by atoms with Gasteiger partial charge in [-0.15, -0.1) is 0 Å². The molecule has 32 heavy (non-hydrogen) atoms. The molecular formula is C24H24BrN3O4. The fourth-order valence-corrected chi connectivity index (χ4v) is 4.48. The summed E-state index contributed by atoms with van der Waals surface area (Å²) in [5.74, 6) is -0.772. The van der Waals surface area contributed by atoms with Crippen LogP contribution in [0.1, 0.15) is 36.4 Å². The van der Waals surface area contributed by atoms with E-state index < -0.39 is 5.97 Å². The molecule has 0 aliphatic heterocycles. The van der Waals surface area contributed by atoms with Gasteiger partial charge in [0.25, 0.3) is 11.5 Å². The average Bonchev–Trinajstić information content (AvgIpc) is 2.81. The van der Waals surface area contributed by atoms with Gasteiger partial charge >= 0.3 is 5.97 Å². The third-order valence-electron chi connectivity index (χ3n) is 5.90. The van der Waals surface area contributed by atoms with Crippen LogP contribution in [0.2, 0.25) is 0 Å². The number of hydrogen-bond acceptors (Lipinski definition) is 5. The van der Waals surface area contributed by atoms with Gasteiger partial charge in [-0.1, -0.05) is 40.2 Å². The Morgan fingerprint density at radius 1 is 1.25 bits per heavy atom. The van der Waals surface area contributed by atoms with Gasteiger partial charge in [0.05, 0.1) is 29.7 Å². The summed E-state index contributed by atoms with van der Waals surface area (Å²) in [7, 11) is 1.75. The molecule has 1 amide bonds. The van der Waals surface area contributed by atoms with Gasteiger partial charge in [-0.05, 0) is 48.6 Å². The zero-order valence-corrected chi connectivity index (χ0v) is 19.4. The summed E-state index contributed by atoms with van der Waals surface area (Å²) in [5, 5.41) is 0.472. The first kappa shape index (κ1) is 22.2. The number of benzene rings is 2. The molecule has 1 heterocycles. The van der Waals surface area contributed by atoms with Crippen LogP contribution in [0.5, 0.6) is 0 Å².